The Labute approximate surface area is 103 Å². The number of halogens is 1. The van der Waals surface area contributed by atoms with Gasteiger partial charge in [-0.15, -0.1) is 11.3 Å². The fourth-order valence-electron chi connectivity index (χ4n) is 1.95. The molecule has 0 aliphatic heterocycles. The van der Waals surface area contributed by atoms with Crippen molar-refractivity contribution in [2.45, 2.75) is 0 Å². The lowest BCUT2D eigenvalue weighted by Gasteiger charge is -2.05. The lowest BCUT2D eigenvalue weighted by molar-refractivity contribution is 1.72. The van der Waals surface area contributed by atoms with Gasteiger partial charge in [-0.2, -0.15) is 0 Å². The Bertz CT molecular complexity index is 635. The van der Waals surface area contributed by atoms with E-state index in [1.165, 1.54) is 16.3 Å². The highest BCUT2D eigenvalue weighted by molar-refractivity contribution is 7.15. The molecule has 1 heterocycles. The van der Waals surface area contributed by atoms with Gasteiger partial charge in [0, 0.05) is 5.56 Å². The van der Waals surface area contributed by atoms with Gasteiger partial charge in [0.05, 0.1) is 0 Å². The first kappa shape index (κ1) is 9.88. The zero-order valence-corrected chi connectivity index (χ0v) is 10.1. The predicted molar refractivity (Wildman–Crippen MR) is 72.3 cm³/mol. The quantitative estimate of drug-likeness (QED) is 0.550. The van der Waals surface area contributed by atoms with E-state index in [1.54, 1.807) is 11.3 Å². The first-order valence-electron chi connectivity index (χ1n) is 5.07. The molecule has 0 spiro atoms. The zero-order valence-electron chi connectivity index (χ0n) is 8.48. The monoisotopic (exact) mass is 244 g/mol. The second-order valence-electron chi connectivity index (χ2n) is 3.63. The summed E-state index contributed by atoms with van der Waals surface area (Å²) in [6.07, 6.45) is 0. The van der Waals surface area contributed by atoms with Crippen LogP contribution in [0.25, 0.3) is 21.9 Å². The number of rotatable bonds is 1. The fourth-order valence-corrected chi connectivity index (χ4v) is 2.89. The van der Waals surface area contributed by atoms with E-state index < -0.39 is 0 Å². The maximum Gasteiger partial charge on any atom is 0.101 e. The summed E-state index contributed by atoms with van der Waals surface area (Å²) in [6, 6.07) is 16.8. The van der Waals surface area contributed by atoms with E-state index >= 15 is 0 Å². The van der Waals surface area contributed by atoms with Crippen molar-refractivity contribution in [3.8, 4) is 11.1 Å². The van der Waals surface area contributed by atoms with Crippen molar-refractivity contribution in [3.63, 3.8) is 0 Å². The molecule has 0 unspecified atom stereocenters. The Balaban J connectivity index is 2.36. The summed E-state index contributed by atoms with van der Waals surface area (Å²) in [4.78, 5) is 0. The van der Waals surface area contributed by atoms with E-state index in [9.17, 15) is 0 Å². The second kappa shape index (κ2) is 3.93. The van der Waals surface area contributed by atoms with Crippen molar-refractivity contribution >= 4 is 33.7 Å². The average Bonchev–Trinajstić information content (AvgIpc) is 2.75. The normalized spacial score (nSPS) is 10.8. The molecule has 0 saturated heterocycles. The maximum absolute atomic E-state index is 6.19. The van der Waals surface area contributed by atoms with Gasteiger partial charge in [0.25, 0.3) is 0 Å². The van der Waals surface area contributed by atoms with E-state index in [0.717, 1.165) is 9.90 Å². The Morgan fingerprint density at radius 3 is 2.44 bits per heavy atom. The van der Waals surface area contributed by atoms with Crippen LogP contribution in [0.5, 0.6) is 0 Å². The highest BCUT2D eigenvalue weighted by Gasteiger charge is 2.07. The van der Waals surface area contributed by atoms with Crippen molar-refractivity contribution < 1.29 is 0 Å². The second-order valence-corrected chi connectivity index (χ2v) is 5.15. The van der Waals surface area contributed by atoms with Crippen LogP contribution in [0.2, 0.25) is 4.34 Å². The van der Waals surface area contributed by atoms with Crippen LogP contribution in [0.3, 0.4) is 0 Å². The molecule has 16 heavy (non-hydrogen) atoms. The summed E-state index contributed by atoms with van der Waals surface area (Å²) >= 11 is 7.77. The molecule has 1 aromatic heterocycles. The summed E-state index contributed by atoms with van der Waals surface area (Å²) < 4.78 is 0.858. The third-order valence-electron chi connectivity index (χ3n) is 2.70. The standard InChI is InChI=1S/C14H9ClS/c15-14-13(8-9-16-14)12-7-3-5-10-4-1-2-6-11(10)12/h1-9H. The molecule has 3 rings (SSSR count). The molecule has 0 bridgehead atoms. The van der Waals surface area contributed by atoms with Gasteiger partial charge in [-0.3, -0.25) is 0 Å². The molecule has 0 fully saturated rings. The van der Waals surface area contributed by atoms with E-state index in [4.69, 9.17) is 11.6 Å². The molecule has 0 aliphatic rings. The summed E-state index contributed by atoms with van der Waals surface area (Å²) in [5.41, 5.74) is 2.34. The number of fused-ring (bicyclic) bond motifs is 1. The molecular weight excluding hydrogens is 236 g/mol. The Hall–Kier alpha value is -1.31. The van der Waals surface area contributed by atoms with Crippen molar-refractivity contribution in [2.75, 3.05) is 0 Å². The summed E-state index contributed by atoms with van der Waals surface area (Å²) in [5, 5.41) is 4.53. The largest absolute Gasteiger partial charge is 0.131 e. The number of hydrogen-bond donors (Lipinski definition) is 0. The van der Waals surface area contributed by atoms with Gasteiger partial charge < -0.3 is 0 Å². The summed E-state index contributed by atoms with van der Waals surface area (Å²) in [6.45, 7) is 0. The van der Waals surface area contributed by atoms with Gasteiger partial charge in [0.2, 0.25) is 0 Å². The molecular formula is C14H9ClS. The third kappa shape index (κ3) is 1.53. The zero-order chi connectivity index (χ0) is 11.0. The van der Waals surface area contributed by atoms with Crippen molar-refractivity contribution in [2.24, 2.45) is 0 Å². The topological polar surface area (TPSA) is 0 Å². The molecule has 0 aliphatic carbocycles. The SMILES string of the molecule is Clc1sccc1-c1cccc2ccccc12. The minimum Gasteiger partial charge on any atom is -0.131 e. The van der Waals surface area contributed by atoms with Gasteiger partial charge in [-0.05, 0) is 27.8 Å². The van der Waals surface area contributed by atoms with Crippen molar-refractivity contribution in [3.05, 3.63) is 58.2 Å². The van der Waals surface area contributed by atoms with Crippen LogP contribution < -0.4 is 0 Å². The van der Waals surface area contributed by atoms with Gasteiger partial charge >= 0.3 is 0 Å². The van der Waals surface area contributed by atoms with Gasteiger partial charge in [0.15, 0.2) is 0 Å². The van der Waals surface area contributed by atoms with E-state index in [2.05, 4.69) is 48.5 Å². The summed E-state index contributed by atoms with van der Waals surface area (Å²) in [5.74, 6) is 0. The Morgan fingerprint density at radius 1 is 0.812 bits per heavy atom. The average molecular weight is 245 g/mol. The maximum atomic E-state index is 6.19. The number of thiophene rings is 1. The minimum absolute atomic E-state index is 0.858. The molecule has 0 radical (unpaired) electrons. The summed E-state index contributed by atoms with van der Waals surface area (Å²) in [7, 11) is 0. The highest BCUT2D eigenvalue weighted by Crippen LogP contribution is 2.36. The lowest BCUT2D eigenvalue weighted by atomic mass is 10.0. The fraction of sp³-hybridized carbons (Fsp3) is 0. The van der Waals surface area contributed by atoms with Crippen LogP contribution in [0.4, 0.5) is 0 Å². The molecule has 0 N–H and O–H groups in total. The van der Waals surface area contributed by atoms with Crippen LogP contribution in [0.15, 0.2) is 53.9 Å². The number of benzene rings is 2. The molecule has 3 aromatic rings. The molecule has 78 valence electrons. The van der Waals surface area contributed by atoms with Gasteiger partial charge in [-0.25, -0.2) is 0 Å². The van der Waals surface area contributed by atoms with Gasteiger partial charge in [0.1, 0.15) is 4.34 Å². The van der Waals surface area contributed by atoms with Crippen LogP contribution >= 0.6 is 22.9 Å². The van der Waals surface area contributed by atoms with Gasteiger partial charge in [-0.1, -0.05) is 54.1 Å². The Kier molecular flexibility index (Phi) is 2.43. The molecule has 2 heteroatoms. The lowest BCUT2D eigenvalue weighted by Crippen LogP contribution is -1.78. The Morgan fingerprint density at radius 2 is 1.62 bits per heavy atom. The predicted octanol–water partition coefficient (Wildman–Crippen LogP) is 5.22. The molecule has 0 amide bonds. The highest BCUT2D eigenvalue weighted by atomic mass is 35.5. The first-order chi connectivity index (χ1) is 7.86. The molecule has 0 saturated carbocycles. The van der Waals surface area contributed by atoms with E-state index in [1.807, 2.05) is 5.38 Å². The smallest absolute Gasteiger partial charge is 0.101 e. The van der Waals surface area contributed by atoms with E-state index in [-0.39, 0.29) is 0 Å². The van der Waals surface area contributed by atoms with Crippen LogP contribution in [-0.2, 0) is 0 Å². The van der Waals surface area contributed by atoms with Crippen LogP contribution in [0.1, 0.15) is 0 Å². The van der Waals surface area contributed by atoms with Crippen LogP contribution in [-0.4, -0.2) is 0 Å². The van der Waals surface area contributed by atoms with Crippen molar-refractivity contribution in [1.82, 2.24) is 0 Å². The van der Waals surface area contributed by atoms with E-state index in [0.29, 0.717) is 0 Å². The number of hydrogen-bond acceptors (Lipinski definition) is 1. The third-order valence-corrected chi connectivity index (χ3v) is 3.87. The molecule has 0 atom stereocenters. The minimum atomic E-state index is 0.858. The first-order valence-corrected chi connectivity index (χ1v) is 6.33. The van der Waals surface area contributed by atoms with Crippen LogP contribution in [0, 0.1) is 0 Å². The molecule has 2 aromatic carbocycles. The van der Waals surface area contributed by atoms with Crippen molar-refractivity contribution in [1.29, 1.82) is 0 Å². The molecule has 0 nitrogen and oxygen atoms in total.